The lowest BCUT2D eigenvalue weighted by atomic mass is 9.92. The van der Waals surface area contributed by atoms with Crippen LogP contribution in [0.4, 0.5) is 5.69 Å². The molecule has 0 aliphatic rings. The fraction of sp³-hybridized carbons (Fsp3) is 0.375. The van der Waals surface area contributed by atoms with E-state index in [0.29, 0.717) is 0 Å². The number of rotatable bonds is 9. The Kier molecular flexibility index (Phi) is 7.41. The van der Waals surface area contributed by atoms with E-state index in [9.17, 15) is 0 Å². The Balaban J connectivity index is 2.29. The van der Waals surface area contributed by atoms with E-state index in [2.05, 4.69) is 37.6 Å². The van der Waals surface area contributed by atoms with Crippen molar-refractivity contribution < 1.29 is 9.47 Å². The topological polar surface area (TPSA) is 34.1 Å². The van der Waals surface area contributed by atoms with Gasteiger partial charge in [-0.05, 0) is 75.1 Å². The number of nitrogens with zero attached hydrogens (tertiary/aromatic N) is 2. The lowest BCUT2D eigenvalue weighted by molar-refractivity contribution is 0.00449. The standard InChI is InChI=1S/C24H32N2O2/c1-8-13-24(5,27-7)20-11-10-12-21(16-20)28-23-15-18(3)22(14-19(23)4)25-17-26(6)9-2/h8,10-12,14-17H,1,9,13H2,2-7H3/b25-17+. The van der Waals surface area contributed by atoms with E-state index in [1.165, 1.54) is 0 Å². The molecule has 0 fully saturated rings. The Bertz CT molecular complexity index is 844. The average Bonchev–Trinajstić information content (AvgIpc) is 2.69. The molecule has 0 saturated carbocycles. The molecule has 1 atom stereocenters. The number of benzene rings is 2. The second kappa shape index (κ2) is 9.56. The summed E-state index contributed by atoms with van der Waals surface area (Å²) >= 11 is 0. The quantitative estimate of drug-likeness (QED) is 0.297. The first-order valence-electron chi connectivity index (χ1n) is 9.63. The molecule has 0 radical (unpaired) electrons. The molecular weight excluding hydrogens is 348 g/mol. The minimum atomic E-state index is -0.421. The van der Waals surface area contributed by atoms with Crippen LogP contribution in [0.2, 0.25) is 0 Å². The molecule has 1 unspecified atom stereocenters. The lowest BCUT2D eigenvalue weighted by Gasteiger charge is -2.27. The van der Waals surface area contributed by atoms with Crippen molar-refractivity contribution in [1.29, 1.82) is 0 Å². The molecule has 4 nitrogen and oxygen atoms in total. The van der Waals surface area contributed by atoms with Crippen LogP contribution >= 0.6 is 0 Å². The summed E-state index contributed by atoms with van der Waals surface area (Å²) in [7, 11) is 3.73. The number of methoxy groups -OCH3 is 1. The predicted octanol–water partition coefficient (Wildman–Crippen LogP) is 6.14. The van der Waals surface area contributed by atoms with Gasteiger partial charge in [0.15, 0.2) is 0 Å². The highest BCUT2D eigenvalue weighted by Crippen LogP contribution is 2.35. The molecule has 150 valence electrons. The molecule has 0 aromatic heterocycles. The molecule has 0 bridgehead atoms. The van der Waals surface area contributed by atoms with Crippen LogP contribution in [-0.2, 0) is 10.3 Å². The number of aryl methyl sites for hydroxylation is 2. The Morgan fingerprint density at radius 3 is 2.57 bits per heavy atom. The normalized spacial score (nSPS) is 13.4. The molecule has 0 N–H and O–H groups in total. The van der Waals surface area contributed by atoms with E-state index in [4.69, 9.17) is 9.47 Å². The smallest absolute Gasteiger partial charge is 0.130 e. The van der Waals surface area contributed by atoms with Gasteiger partial charge in [0.05, 0.1) is 17.6 Å². The molecule has 4 heteroatoms. The van der Waals surface area contributed by atoms with E-state index < -0.39 is 5.60 Å². The number of ether oxygens (including phenoxy) is 2. The molecule has 0 spiro atoms. The highest BCUT2D eigenvalue weighted by Gasteiger charge is 2.25. The zero-order valence-electron chi connectivity index (χ0n) is 18.0. The summed E-state index contributed by atoms with van der Waals surface area (Å²) < 4.78 is 11.9. The van der Waals surface area contributed by atoms with Crippen LogP contribution in [-0.4, -0.2) is 31.9 Å². The Hall–Kier alpha value is -2.59. The Morgan fingerprint density at radius 2 is 1.93 bits per heavy atom. The third kappa shape index (κ3) is 5.23. The monoisotopic (exact) mass is 380 g/mol. The van der Waals surface area contributed by atoms with E-state index in [-0.39, 0.29) is 0 Å². The Morgan fingerprint density at radius 1 is 1.18 bits per heavy atom. The SMILES string of the molecule is C=CCC(C)(OC)c1cccc(Oc2cc(C)c(/N=C/N(C)CC)cc2C)c1. The molecular formula is C24H32N2O2. The van der Waals surface area contributed by atoms with Gasteiger partial charge in [-0.1, -0.05) is 18.2 Å². The molecule has 0 saturated heterocycles. The zero-order chi connectivity index (χ0) is 20.7. The minimum Gasteiger partial charge on any atom is -0.457 e. The Labute approximate surface area is 169 Å². The maximum Gasteiger partial charge on any atom is 0.130 e. The zero-order valence-corrected chi connectivity index (χ0v) is 18.0. The average molecular weight is 381 g/mol. The highest BCUT2D eigenvalue weighted by atomic mass is 16.5. The van der Waals surface area contributed by atoms with Gasteiger partial charge < -0.3 is 14.4 Å². The number of hydrogen-bond acceptors (Lipinski definition) is 3. The van der Waals surface area contributed by atoms with E-state index in [1.54, 1.807) is 7.11 Å². The summed E-state index contributed by atoms with van der Waals surface area (Å²) in [6, 6.07) is 12.1. The second-order valence-electron chi connectivity index (χ2n) is 7.28. The van der Waals surface area contributed by atoms with Crippen molar-refractivity contribution in [3.63, 3.8) is 0 Å². The number of hydrogen-bond donors (Lipinski definition) is 0. The van der Waals surface area contributed by atoms with Gasteiger partial charge in [0.2, 0.25) is 0 Å². The van der Waals surface area contributed by atoms with Crippen molar-refractivity contribution >= 4 is 12.0 Å². The highest BCUT2D eigenvalue weighted by molar-refractivity contribution is 5.64. The first-order valence-corrected chi connectivity index (χ1v) is 9.63. The van der Waals surface area contributed by atoms with Gasteiger partial charge in [-0.2, -0.15) is 0 Å². The third-order valence-electron chi connectivity index (χ3n) is 5.04. The van der Waals surface area contributed by atoms with Crippen molar-refractivity contribution in [3.05, 3.63) is 65.7 Å². The maximum atomic E-state index is 6.21. The summed E-state index contributed by atoms with van der Waals surface area (Å²) in [4.78, 5) is 6.63. The molecule has 2 rings (SSSR count). The molecule has 28 heavy (non-hydrogen) atoms. The first-order chi connectivity index (χ1) is 13.3. The molecule has 0 aliphatic heterocycles. The first kappa shape index (κ1) is 21.7. The van der Waals surface area contributed by atoms with Gasteiger partial charge in [0.25, 0.3) is 0 Å². The van der Waals surface area contributed by atoms with E-state index >= 15 is 0 Å². The minimum absolute atomic E-state index is 0.421. The van der Waals surface area contributed by atoms with Gasteiger partial charge in [0.1, 0.15) is 11.5 Å². The van der Waals surface area contributed by atoms with Crippen LogP contribution in [0.25, 0.3) is 0 Å². The van der Waals surface area contributed by atoms with Crippen molar-refractivity contribution in [3.8, 4) is 11.5 Å². The fourth-order valence-corrected chi connectivity index (χ4v) is 2.88. The molecule has 2 aromatic carbocycles. The maximum absolute atomic E-state index is 6.21. The van der Waals surface area contributed by atoms with Crippen LogP contribution in [0, 0.1) is 13.8 Å². The molecule has 0 amide bonds. The summed E-state index contributed by atoms with van der Waals surface area (Å²) in [6.45, 7) is 13.0. The lowest BCUT2D eigenvalue weighted by Crippen LogP contribution is -2.23. The van der Waals surface area contributed by atoms with Gasteiger partial charge in [-0.3, -0.25) is 0 Å². The van der Waals surface area contributed by atoms with Crippen molar-refractivity contribution in [1.82, 2.24) is 4.90 Å². The summed E-state index contributed by atoms with van der Waals surface area (Å²) in [5.74, 6) is 1.62. The third-order valence-corrected chi connectivity index (χ3v) is 5.04. The van der Waals surface area contributed by atoms with Gasteiger partial charge in [0, 0.05) is 20.7 Å². The van der Waals surface area contributed by atoms with E-state index in [1.807, 2.05) is 62.5 Å². The summed E-state index contributed by atoms with van der Waals surface area (Å²) in [5.41, 5.74) is 3.71. The molecule has 0 aliphatic carbocycles. The van der Waals surface area contributed by atoms with Gasteiger partial charge in [-0.25, -0.2) is 4.99 Å². The van der Waals surface area contributed by atoms with Crippen LogP contribution < -0.4 is 4.74 Å². The van der Waals surface area contributed by atoms with Gasteiger partial charge >= 0.3 is 0 Å². The van der Waals surface area contributed by atoms with Crippen LogP contribution in [0.3, 0.4) is 0 Å². The van der Waals surface area contributed by atoms with Crippen molar-refractivity contribution in [2.45, 2.75) is 39.7 Å². The van der Waals surface area contributed by atoms with Crippen LogP contribution in [0.1, 0.15) is 37.0 Å². The van der Waals surface area contributed by atoms with Gasteiger partial charge in [-0.15, -0.1) is 6.58 Å². The second-order valence-corrected chi connectivity index (χ2v) is 7.28. The summed E-state index contributed by atoms with van der Waals surface area (Å²) in [6.07, 6.45) is 4.46. The summed E-state index contributed by atoms with van der Waals surface area (Å²) in [5, 5.41) is 0. The van der Waals surface area contributed by atoms with Crippen LogP contribution in [0.15, 0.2) is 54.0 Å². The van der Waals surface area contributed by atoms with E-state index in [0.717, 1.165) is 46.8 Å². The molecule has 2 aromatic rings. The van der Waals surface area contributed by atoms with Crippen LogP contribution in [0.5, 0.6) is 11.5 Å². The van der Waals surface area contributed by atoms with Crippen molar-refractivity contribution in [2.24, 2.45) is 4.99 Å². The number of aliphatic imine (C=N–C) groups is 1. The van der Waals surface area contributed by atoms with Crippen molar-refractivity contribution in [2.75, 3.05) is 20.7 Å². The predicted molar refractivity (Wildman–Crippen MR) is 118 cm³/mol. The molecule has 0 heterocycles. The largest absolute Gasteiger partial charge is 0.457 e. The fourth-order valence-electron chi connectivity index (χ4n) is 2.88.